The van der Waals surface area contributed by atoms with Crippen LogP contribution in [-0.4, -0.2) is 11.1 Å². The third kappa shape index (κ3) is 6.79. The summed E-state index contributed by atoms with van der Waals surface area (Å²) >= 11 is 0. The van der Waals surface area contributed by atoms with Gasteiger partial charge in [-0.2, -0.15) is 0 Å². The smallest absolute Gasteiger partial charge is 0.352 e. The molecule has 4 nitrogen and oxygen atoms in total. The lowest BCUT2D eigenvalue weighted by Crippen LogP contribution is -2.10. The second kappa shape index (κ2) is 8.08. The van der Waals surface area contributed by atoms with Gasteiger partial charge in [0.25, 0.3) is 0 Å². The molecule has 0 saturated heterocycles. The molecule has 0 aromatic heterocycles. The van der Waals surface area contributed by atoms with Gasteiger partial charge >= 0.3 is 5.97 Å². The van der Waals surface area contributed by atoms with E-state index in [9.17, 15) is 4.79 Å². The van der Waals surface area contributed by atoms with Crippen molar-refractivity contribution in [1.29, 1.82) is 0 Å². The van der Waals surface area contributed by atoms with E-state index in [1.807, 2.05) is 18.2 Å². The van der Waals surface area contributed by atoms with Crippen molar-refractivity contribution in [1.82, 2.24) is 0 Å². The van der Waals surface area contributed by atoms with E-state index >= 15 is 0 Å². The average Bonchev–Trinajstić information content (AvgIpc) is 2.46. The molecule has 0 saturated carbocycles. The predicted octanol–water partition coefficient (Wildman–Crippen LogP) is 4.23. The monoisotopic (exact) mass is 302 g/mol. The van der Waals surface area contributed by atoms with Crippen LogP contribution in [0.5, 0.6) is 11.5 Å². The van der Waals surface area contributed by atoms with Gasteiger partial charge in [0.15, 0.2) is 5.75 Å². The molecule has 4 heteroatoms. The lowest BCUT2D eigenvalue weighted by Gasteiger charge is -2.18. The Labute approximate surface area is 131 Å². The van der Waals surface area contributed by atoms with Gasteiger partial charge in [-0.3, -0.25) is 9.78 Å². The molecule has 0 radical (unpaired) electrons. The van der Waals surface area contributed by atoms with Gasteiger partial charge in [-0.1, -0.05) is 51.1 Å². The third-order valence-electron chi connectivity index (χ3n) is 2.73. The fraction of sp³-hybridized carbons (Fsp3) is 0.278. The van der Waals surface area contributed by atoms with Crippen LogP contribution in [0.25, 0.3) is 0 Å². The van der Waals surface area contributed by atoms with Crippen LogP contribution in [0.4, 0.5) is 0 Å². The summed E-state index contributed by atoms with van der Waals surface area (Å²) in [7, 11) is 0. The lowest BCUT2D eigenvalue weighted by atomic mass is 9.87. The summed E-state index contributed by atoms with van der Waals surface area (Å²) < 4.78 is 0. The van der Waals surface area contributed by atoms with Gasteiger partial charge in [0.1, 0.15) is 5.75 Å². The van der Waals surface area contributed by atoms with Crippen molar-refractivity contribution < 1.29 is 19.7 Å². The first kappa shape index (κ1) is 17.6. The number of phenols is 1. The first-order valence-electron chi connectivity index (χ1n) is 6.98. The molecule has 0 heterocycles. The Morgan fingerprint density at radius 1 is 0.955 bits per heavy atom. The van der Waals surface area contributed by atoms with Gasteiger partial charge < -0.3 is 5.11 Å². The fourth-order valence-corrected chi connectivity index (χ4v) is 1.54. The molecule has 0 amide bonds. The molecule has 0 spiro atoms. The maximum absolute atomic E-state index is 10.3. The molecule has 0 aliphatic heterocycles. The van der Waals surface area contributed by atoms with Crippen LogP contribution >= 0.6 is 0 Å². The first-order valence-corrected chi connectivity index (χ1v) is 6.98. The number of phenolic OH excluding ortho intramolecular Hbond substituents is 1. The summed E-state index contributed by atoms with van der Waals surface area (Å²) in [4.78, 5) is 19.2. The zero-order valence-corrected chi connectivity index (χ0v) is 13.4. The number of carbonyl (C=O) groups is 1. The van der Waals surface area contributed by atoms with E-state index in [-0.39, 0.29) is 5.41 Å². The van der Waals surface area contributed by atoms with E-state index in [1.165, 1.54) is 12.5 Å². The number of hydrogen-bond acceptors (Lipinski definition) is 4. The van der Waals surface area contributed by atoms with Gasteiger partial charge in [0.2, 0.25) is 0 Å². The summed E-state index contributed by atoms with van der Waals surface area (Å²) in [6.45, 7) is 7.74. The van der Waals surface area contributed by atoms with Crippen LogP contribution < -0.4 is 4.89 Å². The van der Waals surface area contributed by atoms with E-state index in [1.54, 1.807) is 36.4 Å². The molecular formula is C18H22O4. The Morgan fingerprint density at radius 3 is 1.95 bits per heavy atom. The van der Waals surface area contributed by atoms with Crippen LogP contribution in [0, 0.1) is 0 Å². The highest BCUT2D eigenvalue weighted by molar-refractivity contribution is 5.65. The molecule has 0 aliphatic rings. The molecule has 0 aliphatic carbocycles. The van der Waals surface area contributed by atoms with Crippen molar-refractivity contribution in [3.63, 3.8) is 0 Å². The van der Waals surface area contributed by atoms with Crippen LogP contribution in [0.2, 0.25) is 0 Å². The van der Waals surface area contributed by atoms with Gasteiger partial charge in [-0.05, 0) is 35.2 Å². The van der Waals surface area contributed by atoms with Crippen molar-refractivity contribution >= 4 is 5.97 Å². The Balaban J connectivity index is 0.000000220. The average molecular weight is 302 g/mol. The third-order valence-corrected chi connectivity index (χ3v) is 2.73. The van der Waals surface area contributed by atoms with E-state index in [4.69, 9.17) is 5.11 Å². The van der Waals surface area contributed by atoms with Crippen molar-refractivity contribution in [2.75, 3.05) is 0 Å². The number of hydrogen-bond donors (Lipinski definition) is 1. The van der Waals surface area contributed by atoms with E-state index in [0.29, 0.717) is 11.5 Å². The van der Waals surface area contributed by atoms with Gasteiger partial charge in [-0.25, -0.2) is 4.79 Å². The topological polar surface area (TPSA) is 55.8 Å². The summed E-state index contributed by atoms with van der Waals surface area (Å²) in [5.41, 5.74) is 1.42. The summed E-state index contributed by atoms with van der Waals surface area (Å²) in [5, 5.41) is 9.02. The molecule has 2 aromatic rings. The van der Waals surface area contributed by atoms with E-state index in [0.717, 1.165) is 0 Å². The Morgan fingerprint density at radius 2 is 1.50 bits per heavy atom. The number of para-hydroxylation sites is 1. The minimum atomic E-state index is -0.464. The second-order valence-corrected chi connectivity index (χ2v) is 5.77. The maximum Gasteiger partial charge on any atom is 0.352 e. The molecular weight excluding hydrogens is 280 g/mol. The quantitative estimate of drug-likeness (QED) is 0.666. The maximum atomic E-state index is 10.3. The summed E-state index contributed by atoms with van der Waals surface area (Å²) in [5.74, 6) is 0.384. The number of benzene rings is 2. The fourth-order valence-electron chi connectivity index (χ4n) is 1.54. The molecule has 2 rings (SSSR count). The summed E-state index contributed by atoms with van der Waals surface area (Å²) in [6, 6.07) is 16.2. The van der Waals surface area contributed by atoms with Gasteiger partial charge in [0.05, 0.1) is 0 Å². The number of aromatic hydroxyl groups is 1. The van der Waals surface area contributed by atoms with Crippen LogP contribution in [-0.2, 0) is 15.1 Å². The first-order chi connectivity index (χ1) is 10.3. The van der Waals surface area contributed by atoms with Crippen molar-refractivity contribution in [3.8, 4) is 11.5 Å². The predicted molar refractivity (Wildman–Crippen MR) is 85.6 cm³/mol. The lowest BCUT2D eigenvalue weighted by molar-refractivity contribution is -0.210. The highest BCUT2D eigenvalue weighted by atomic mass is 17.2. The molecule has 0 fully saturated rings. The molecule has 22 heavy (non-hydrogen) atoms. The molecule has 118 valence electrons. The molecule has 0 bridgehead atoms. The minimum absolute atomic E-state index is 0.174. The van der Waals surface area contributed by atoms with Crippen molar-refractivity contribution in [2.45, 2.75) is 33.1 Å². The highest BCUT2D eigenvalue weighted by Crippen LogP contribution is 2.23. The van der Waals surface area contributed by atoms with Crippen LogP contribution in [0.1, 0.15) is 33.3 Å². The minimum Gasteiger partial charge on any atom is -0.508 e. The largest absolute Gasteiger partial charge is 0.508 e. The SMILES string of the molecule is CC(=O)OOc1ccccc1.CC(C)(C)c1ccc(O)cc1. The van der Waals surface area contributed by atoms with Crippen LogP contribution in [0.15, 0.2) is 54.6 Å². The number of carbonyl (C=O) groups excluding carboxylic acids is 1. The van der Waals surface area contributed by atoms with E-state index in [2.05, 4.69) is 30.5 Å². The van der Waals surface area contributed by atoms with Crippen molar-refractivity contribution in [3.05, 3.63) is 60.2 Å². The van der Waals surface area contributed by atoms with E-state index < -0.39 is 5.97 Å². The Bertz CT molecular complexity index is 568. The Kier molecular flexibility index (Phi) is 6.45. The number of rotatable bonds is 2. The molecule has 0 unspecified atom stereocenters. The van der Waals surface area contributed by atoms with Crippen molar-refractivity contribution in [2.24, 2.45) is 0 Å². The second-order valence-electron chi connectivity index (χ2n) is 5.77. The Hall–Kier alpha value is -2.49. The zero-order chi connectivity index (χ0) is 16.6. The van der Waals surface area contributed by atoms with Gasteiger partial charge in [0, 0.05) is 6.92 Å². The van der Waals surface area contributed by atoms with Gasteiger partial charge in [-0.15, -0.1) is 0 Å². The standard InChI is InChI=1S/C10H14O.C8H8O3/c1-10(2,3)8-4-6-9(11)7-5-8;1-7(9)10-11-8-5-3-2-4-6-8/h4-7,11H,1-3H3;2-6H,1H3. The molecule has 1 N–H and O–H groups in total. The zero-order valence-electron chi connectivity index (χ0n) is 13.4. The molecule has 0 atom stereocenters. The normalized spacial score (nSPS) is 10.2. The summed E-state index contributed by atoms with van der Waals surface area (Å²) in [6.07, 6.45) is 0. The highest BCUT2D eigenvalue weighted by Gasteiger charge is 2.12. The molecule has 2 aromatic carbocycles. The van der Waals surface area contributed by atoms with Crippen LogP contribution in [0.3, 0.4) is 0 Å².